The number of hydrogen-bond acceptors (Lipinski definition) is 5. The van der Waals surface area contributed by atoms with E-state index in [2.05, 4.69) is 15.3 Å². The van der Waals surface area contributed by atoms with Crippen molar-refractivity contribution in [1.29, 1.82) is 0 Å². The summed E-state index contributed by atoms with van der Waals surface area (Å²) in [5, 5.41) is 3.76. The Labute approximate surface area is 161 Å². The Morgan fingerprint density at radius 3 is 2.81 bits per heavy atom. The minimum absolute atomic E-state index is 0.0874. The van der Waals surface area contributed by atoms with Crippen molar-refractivity contribution in [3.8, 4) is 0 Å². The van der Waals surface area contributed by atoms with Crippen molar-refractivity contribution in [3.63, 3.8) is 0 Å². The number of nitrogen functional groups attached to an aromatic ring is 1. The summed E-state index contributed by atoms with van der Waals surface area (Å²) < 4.78 is 5.89. The Hall–Kier alpha value is -2.60. The third kappa shape index (κ3) is 2.94. The van der Waals surface area contributed by atoms with Crippen LogP contribution in [0.1, 0.15) is 47.8 Å². The van der Waals surface area contributed by atoms with Gasteiger partial charge in [0.2, 0.25) is 0 Å². The molecule has 0 aliphatic heterocycles. The second-order valence-electron chi connectivity index (χ2n) is 7.82. The lowest BCUT2D eigenvalue weighted by Gasteiger charge is -2.57. The quantitative estimate of drug-likeness (QED) is 0.716. The van der Waals surface area contributed by atoms with E-state index in [1.807, 2.05) is 18.2 Å². The van der Waals surface area contributed by atoms with Gasteiger partial charge in [-0.05, 0) is 61.4 Å². The molecule has 2 aromatic heterocycles. The lowest BCUT2D eigenvalue weighted by atomic mass is 9.50. The normalized spacial score (nSPS) is 26.6. The lowest BCUT2D eigenvalue weighted by Crippen LogP contribution is -2.55. The maximum atomic E-state index is 12.3. The Kier molecular flexibility index (Phi) is 3.65. The van der Waals surface area contributed by atoms with Crippen LogP contribution in [0.3, 0.4) is 0 Å². The number of halogens is 1. The van der Waals surface area contributed by atoms with Gasteiger partial charge in [0.1, 0.15) is 11.3 Å². The third-order valence-corrected chi connectivity index (χ3v) is 6.05. The molecule has 2 fully saturated rings. The van der Waals surface area contributed by atoms with Crippen molar-refractivity contribution in [2.45, 2.75) is 37.6 Å². The average Bonchev–Trinajstić information content (AvgIpc) is 2.98. The van der Waals surface area contributed by atoms with Crippen LogP contribution in [-0.4, -0.2) is 21.9 Å². The molecule has 6 nitrogen and oxygen atoms in total. The van der Waals surface area contributed by atoms with Crippen LogP contribution in [0, 0.1) is 5.41 Å². The molecule has 0 bridgehead atoms. The Bertz CT molecular complexity index is 1030. The molecule has 5 rings (SSSR count). The van der Waals surface area contributed by atoms with E-state index >= 15 is 0 Å². The molecule has 1 spiro atoms. The molecule has 0 saturated heterocycles. The number of aromatic nitrogens is 2. The van der Waals surface area contributed by atoms with Crippen molar-refractivity contribution >= 4 is 34.4 Å². The number of amides is 1. The number of carbonyl (C=O) groups is 1. The van der Waals surface area contributed by atoms with Gasteiger partial charge in [0, 0.05) is 28.7 Å². The summed E-state index contributed by atoms with van der Waals surface area (Å²) in [5.41, 5.74) is 8.11. The van der Waals surface area contributed by atoms with Crippen molar-refractivity contribution in [2.75, 3.05) is 5.73 Å². The summed E-state index contributed by atoms with van der Waals surface area (Å²) in [6.45, 7) is 0. The number of benzene rings is 1. The van der Waals surface area contributed by atoms with Gasteiger partial charge in [-0.1, -0.05) is 11.6 Å². The molecule has 27 heavy (non-hydrogen) atoms. The zero-order chi connectivity index (χ0) is 18.6. The number of hydrogen-bond donors (Lipinski definition) is 2. The predicted octanol–water partition coefficient (Wildman–Crippen LogP) is 3.91. The molecular weight excluding hydrogens is 364 g/mol. The van der Waals surface area contributed by atoms with Crippen LogP contribution in [0.4, 0.5) is 5.82 Å². The molecule has 2 aliphatic rings. The molecule has 0 radical (unpaired) electrons. The van der Waals surface area contributed by atoms with Crippen LogP contribution < -0.4 is 11.1 Å². The van der Waals surface area contributed by atoms with Crippen LogP contribution in [0.25, 0.3) is 11.1 Å². The molecule has 2 saturated carbocycles. The van der Waals surface area contributed by atoms with E-state index in [4.69, 9.17) is 21.8 Å². The first-order chi connectivity index (χ1) is 13.0. The molecule has 3 N–H and O–H groups in total. The molecule has 0 atom stereocenters. The van der Waals surface area contributed by atoms with Gasteiger partial charge in [-0.25, -0.2) is 9.97 Å². The molecule has 138 valence electrons. The van der Waals surface area contributed by atoms with Crippen LogP contribution >= 0.6 is 11.6 Å². The summed E-state index contributed by atoms with van der Waals surface area (Å²) in [4.78, 5) is 20.8. The number of nitrogens with two attached hydrogens (primary N) is 1. The number of rotatable bonds is 3. The maximum Gasteiger partial charge on any atom is 0.251 e. The van der Waals surface area contributed by atoms with E-state index < -0.39 is 0 Å². The van der Waals surface area contributed by atoms with Gasteiger partial charge in [-0.3, -0.25) is 4.79 Å². The van der Waals surface area contributed by atoms with E-state index in [1.54, 1.807) is 18.3 Å². The highest BCUT2D eigenvalue weighted by atomic mass is 35.5. The summed E-state index contributed by atoms with van der Waals surface area (Å²) in [7, 11) is 0. The molecule has 2 heterocycles. The van der Waals surface area contributed by atoms with Gasteiger partial charge in [0.25, 0.3) is 5.91 Å². The number of fused-ring (bicyclic) bond motifs is 1. The molecular formula is C20H19ClN4O2. The predicted molar refractivity (Wildman–Crippen MR) is 103 cm³/mol. The minimum Gasteiger partial charge on any atom is -0.440 e. The fourth-order valence-electron chi connectivity index (χ4n) is 4.53. The number of anilines is 1. The molecule has 2 aliphatic carbocycles. The van der Waals surface area contributed by atoms with Crippen molar-refractivity contribution in [3.05, 3.63) is 53.0 Å². The zero-order valence-electron chi connectivity index (χ0n) is 14.6. The minimum atomic E-state index is -0.0874. The fourth-order valence-corrected chi connectivity index (χ4v) is 4.70. The van der Waals surface area contributed by atoms with Gasteiger partial charge >= 0.3 is 0 Å². The highest BCUT2D eigenvalue weighted by Crippen LogP contribution is 2.61. The summed E-state index contributed by atoms with van der Waals surface area (Å²) in [5.74, 6) is 1.43. The standard InChI is InChI=1S/C20H19ClN4O2/c21-13-1-2-16-15(6-13)25-19(27-16)12-7-20(8-12)9-14(10-20)24-18(26)11-3-4-23-17(22)5-11/h1-6,12,14H,7-10H2,(H2,22,23)(H,24,26). The van der Waals surface area contributed by atoms with E-state index in [9.17, 15) is 4.79 Å². The van der Waals surface area contributed by atoms with E-state index in [0.29, 0.717) is 27.7 Å². The SMILES string of the molecule is Nc1cc(C(=O)NC2CC3(C2)CC(c2nc4cc(Cl)ccc4o2)C3)ccn1. The number of pyridine rings is 1. The van der Waals surface area contributed by atoms with Crippen LogP contribution in [-0.2, 0) is 0 Å². The van der Waals surface area contributed by atoms with Crippen LogP contribution in [0.5, 0.6) is 0 Å². The van der Waals surface area contributed by atoms with Crippen LogP contribution in [0.15, 0.2) is 40.9 Å². The van der Waals surface area contributed by atoms with Gasteiger partial charge in [-0.2, -0.15) is 0 Å². The summed E-state index contributed by atoms with van der Waals surface area (Å²) in [6.07, 6.45) is 5.67. The molecule has 3 aromatic rings. The second kappa shape index (κ2) is 5.96. The van der Waals surface area contributed by atoms with Gasteiger partial charge in [0.05, 0.1) is 0 Å². The smallest absolute Gasteiger partial charge is 0.251 e. The first kappa shape index (κ1) is 16.6. The topological polar surface area (TPSA) is 94.0 Å². The maximum absolute atomic E-state index is 12.3. The number of carbonyl (C=O) groups excluding carboxylic acids is 1. The number of oxazole rings is 1. The zero-order valence-corrected chi connectivity index (χ0v) is 15.4. The third-order valence-electron chi connectivity index (χ3n) is 5.81. The monoisotopic (exact) mass is 382 g/mol. The van der Waals surface area contributed by atoms with Gasteiger partial charge in [0.15, 0.2) is 11.5 Å². The van der Waals surface area contributed by atoms with Gasteiger partial charge < -0.3 is 15.5 Å². The fraction of sp³-hybridized carbons (Fsp3) is 0.350. The van der Waals surface area contributed by atoms with Crippen LogP contribution in [0.2, 0.25) is 5.02 Å². The number of nitrogens with zero attached hydrogens (tertiary/aromatic N) is 2. The van der Waals surface area contributed by atoms with Crippen molar-refractivity contribution in [2.24, 2.45) is 5.41 Å². The molecule has 1 aromatic carbocycles. The first-order valence-corrected chi connectivity index (χ1v) is 9.46. The van der Waals surface area contributed by atoms with E-state index in [1.165, 1.54) is 0 Å². The largest absolute Gasteiger partial charge is 0.440 e. The van der Waals surface area contributed by atoms with E-state index in [0.717, 1.165) is 42.7 Å². The van der Waals surface area contributed by atoms with Gasteiger partial charge in [-0.15, -0.1) is 0 Å². The first-order valence-electron chi connectivity index (χ1n) is 9.08. The Morgan fingerprint density at radius 2 is 2.04 bits per heavy atom. The summed E-state index contributed by atoms with van der Waals surface area (Å²) in [6, 6.07) is 9.01. The lowest BCUT2D eigenvalue weighted by molar-refractivity contribution is -0.0253. The Balaban J connectivity index is 1.18. The second-order valence-corrected chi connectivity index (χ2v) is 8.25. The molecule has 0 unspecified atom stereocenters. The van der Waals surface area contributed by atoms with Crippen molar-refractivity contribution in [1.82, 2.24) is 15.3 Å². The molecule has 1 amide bonds. The average molecular weight is 383 g/mol. The summed E-state index contributed by atoms with van der Waals surface area (Å²) >= 11 is 6.02. The highest BCUT2D eigenvalue weighted by Gasteiger charge is 2.54. The Morgan fingerprint density at radius 1 is 1.22 bits per heavy atom. The van der Waals surface area contributed by atoms with Crippen molar-refractivity contribution < 1.29 is 9.21 Å². The number of nitrogens with one attached hydrogen (secondary N) is 1. The van der Waals surface area contributed by atoms with E-state index in [-0.39, 0.29) is 11.9 Å². The highest BCUT2D eigenvalue weighted by molar-refractivity contribution is 6.31. The molecule has 7 heteroatoms.